The molecule has 104 valence electrons. The molecule has 2 heterocycles. The number of nitrogens with two attached hydrogens (primary N) is 1. The first-order valence-electron chi connectivity index (χ1n) is 6.44. The summed E-state index contributed by atoms with van der Waals surface area (Å²) in [6, 6.07) is 9.21. The van der Waals surface area contributed by atoms with Crippen LogP contribution >= 0.6 is 0 Å². The van der Waals surface area contributed by atoms with E-state index < -0.39 is 5.91 Å². The van der Waals surface area contributed by atoms with Crippen molar-refractivity contribution in [2.75, 3.05) is 0 Å². The highest BCUT2D eigenvalue weighted by molar-refractivity contribution is 6.05. The molecule has 1 amide bonds. The quantitative estimate of drug-likeness (QED) is 0.575. The van der Waals surface area contributed by atoms with Gasteiger partial charge in [0.2, 0.25) is 0 Å². The van der Waals surface area contributed by atoms with Crippen molar-refractivity contribution in [3.63, 3.8) is 0 Å². The molecule has 0 saturated carbocycles. The Morgan fingerprint density at radius 3 is 2.86 bits per heavy atom. The predicted molar refractivity (Wildman–Crippen MR) is 79.4 cm³/mol. The van der Waals surface area contributed by atoms with Gasteiger partial charge in [-0.15, -0.1) is 0 Å². The van der Waals surface area contributed by atoms with Crippen LogP contribution in [0.25, 0.3) is 21.9 Å². The fourth-order valence-electron chi connectivity index (χ4n) is 2.38. The van der Waals surface area contributed by atoms with Crippen molar-refractivity contribution in [2.45, 2.75) is 6.92 Å². The van der Waals surface area contributed by atoms with Crippen molar-refractivity contribution >= 4 is 16.7 Å². The molecule has 0 radical (unpaired) electrons. The zero-order valence-electron chi connectivity index (χ0n) is 11.4. The van der Waals surface area contributed by atoms with Crippen LogP contribution in [-0.4, -0.2) is 10.9 Å². The molecule has 3 rings (SSSR count). The number of amides is 1. The van der Waals surface area contributed by atoms with Crippen molar-refractivity contribution in [1.82, 2.24) is 4.98 Å². The summed E-state index contributed by atoms with van der Waals surface area (Å²) >= 11 is 0. The van der Waals surface area contributed by atoms with Crippen molar-refractivity contribution in [2.24, 2.45) is 5.73 Å². The van der Waals surface area contributed by atoms with E-state index in [1.807, 2.05) is 31.2 Å². The van der Waals surface area contributed by atoms with E-state index in [4.69, 9.17) is 5.73 Å². The minimum atomic E-state index is -0.568. The molecule has 0 aliphatic carbocycles. The molecule has 1 aromatic carbocycles. The summed E-state index contributed by atoms with van der Waals surface area (Å²) < 4.78 is 0.755. The second-order valence-electron chi connectivity index (χ2n) is 4.86. The number of nitrogens with zero attached hydrogens (tertiary/aromatic N) is 2. The number of aromatic nitrogens is 2. The first-order chi connectivity index (χ1) is 10.1. The van der Waals surface area contributed by atoms with Gasteiger partial charge in [-0.05, 0) is 35.6 Å². The van der Waals surface area contributed by atoms with Gasteiger partial charge in [-0.2, -0.15) is 4.73 Å². The van der Waals surface area contributed by atoms with E-state index in [0.717, 1.165) is 26.8 Å². The van der Waals surface area contributed by atoms with Crippen LogP contribution in [0.2, 0.25) is 0 Å². The summed E-state index contributed by atoms with van der Waals surface area (Å²) in [5.41, 5.74) is 8.24. The Kier molecular flexibility index (Phi) is 3.02. The minimum Gasteiger partial charge on any atom is -0.619 e. The van der Waals surface area contributed by atoms with Gasteiger partial charge in [0, 0.05) is 23.2 Å². The van der Waals surface area contributed by atoms with Crippen LogP contribution in [0.4, 0.5) is 0 Å². The lowest BCUT2D eigenvalue weighted by atomic mass is 9.99. The van der Waals surface area contributed by atoms with E-state index in [1.54, 1.807) is 12.3 Å². The highest BCUT2D eigenvalue weighted by Gasteiger charge is 2.11. The number of benzene rings is 1. The first-order valence-corrected chi connectivity index (χ1v) is 6.44. The lowest BCUT2D eigenvalue weighted by molar-refractivity contribution is -0.604. The number of primary amides is 1. The summed E-state index contributed by atoms with van der Waals surface area (Å²) in [5.74, 6) is -0.568. The highest BCUT2D eigenvalue weighted by Crippen LogP contribution is 2.27. The van der Waals surface area contributed by atoms with E-state index in [1.165, 1.54) is 12.4 Å². The summed E-state index contributed by atoms with van der Waals surface area (Å²) in [5, 5.41) is 13.0. The Labute approximate surface area is 121 Å². The monoisotopic (exact) mass is 279 g/mol. The van der Waals surface area contributed by atoms with Gasteiger partial charge in [0.25, 0.3) is 5.91 Å². The average Bonchev–Trinajstić information content (AvgIpc) is 2.48. The molecular formula is C16H13N3O2. The lowest BCUT2D eigenvalue weighted by Crippen LogP contribution is -2.24. The Morgan fingerprint density at radius 2 is 2.10 bits per heavy atom. The molecule has 5 nitrogen and oxygen atoms in total. The van der Waals surface area contributed by atoms with Gasteiger partial charge in [-0.1, -0.05) is 12.1 Å². The summed E-state index contributed by atoms with van der Waals surface area (Å²) in [6.45, 7) is 1.93. The van der Waals surface area contributed by atoms with Crippen LogP contribution in [0.3, 0.4) is 0 Å². The molecule has 21 heavy (non-hydrogen) atoms. The van der Waals surface area contributed by atoms with Crippen molar-refractivity contribution in [3.05, 3.63) is 65.4 Å². The third-order valence-corrected chi connectivity index (χ3v) is 3.46. The molecule has 0 aliphatic heterocycles. The summed E-state index contributed by atoms with van der Waals surface area (Å²) in [4.78, 5) is 15.5. The fraction of sp³-hybridized carbons (Fsp3) is 0.0625. The molecule has 0 atom stereocenters. The van der Waals surface area contributed by atoms with Crippen LogP contribution in [0.15, 0.2) is 48.9 Å². The standard InChI is InChI=1S/C16H13N3O2/c1-10-5-7-19(21)9-14(10)12-3-2-11-4-6-18-15(16(17)20)13(11)8-12/h2-9H,1H3,(H2,17,20). The first kappa shape index (κ1) is 13.1. The second-order valence-corrected chi connectivity index (χ2v) is 4.86. The molecule has 3 aromatic rings. The topological polar surface area (TPSA) is 82.9 Å². The number of aryl methyl sites for hydroxylation is 1. The van der Waals surface area contributed by atoms with Crippen LogP contribution in [0.1, 0.15) is 16.1 Å². The lowest BCUT2D eigenvalue weighted by Gasteiger charge is -2.08. The summed E-state index contributed by atoms with van der Waals surface area (Å²) in [6.07, 6.45) is 4.52. The molecule has 0 fully saturated rings. The number of hydrogen-bond acceptors (Lipinski definition) is 3. The van der Waals surface area contributed by atoms with Crippen molar-refractivity contribution in [1.29, 1.82) is 0 Å². The van der Waals surface area contributed by atoms with Crippen molar-refractivity contribution in [3.8, 4) is 11.1 Å². The number of fused-ring (bicyclic) bond motifs is 1. The van der Waals surface area contributed by atoms with Crippen LogP contribution in [-0.2, 0) is 0 Å². The third-order valence-electron chi connectivity index (χ3n) is 3.46. The predicted octanol–water partition coefficient (Wildman–Crippen LogP) is 1.94. The van der Waals surface area contributed by atoms with E-state index in [2.05, 4.69) is 4.98 Å². The van der Waals surface area contributed by atoms with Gasteiger partial charge in [-0.3, -0.25) is 9.78 Å². The molecule has 0 saturated heterocycles. The number of carbonyl (C=O) groups excluding carboxylic acids is 1. The second kappa shape index (κ2) is 4.86. The van der Waals surface area contributed by atoms with Crippen LogP contribution < -0.4 is 10.5 Å². The van der Waals surface area contributed by atoms with Gasteiger partial charge >= 0.3 is 0 Å². The van der Waals surface area contributed by atoms with Gasteiger partial charge in [0.15, 0.2) is 12.4 Å². The van der Waals surface area contributed by atoms with E-state index >= 15 is 0 Å². The Morgan fingerprint density at radius 1 is 1.29 bits per heavy atom. The van der Waals surface area contributed by atoms with Gasteiger partial charge in [0.1, 0.15) is 5.69 Å². The molecule has 0 aliphatic rings. The molecule has 5 heteroatoms. The SMILES string of the molecule is Cc1cc[n+]([O-])cc1-c1ccc2ccnc(C(N)=O)c2c1. The Hall–Kier alpha value is -2.95. The van der Waals surface area contributed by atoms with E-state index in [-0.39, 0.29) is 5.69 Å². The van der Waals surface area contributed by atoms with Crippen LogP contribution in [0.5, 0.6) is 0 Å². The Bertz CT molecular complexity index is 859. The molecule has 2 N–H and O–H groups in total. The molecule has 0 bridgehead atoms. The Balaban J connectivity index is 2.28. The smallest absolute Gasteiger partial charge is 0.267 e. The van der Waals surface area contributed by atoms with Gasteiger partial charge in [-0.25, -0.2) is 0 Å². The molecule has 0 spiro atoms. The molecular weight excluding hydrogens is 266 g/mol. The normalized spacial score (nSPS) is 10.7. The number of hydrogen-bond donors (Lipinski definition) is 1. The zero-order chi connectivity index (χ0) is 15.0. The maximum Gasteiger partial charge on any atom is 0.267 e. The van der Waals surface area contributed by atoms with E-state index in [0.29, 0.717) is 5.39 Å². The largest absolute Gasteiger partial charge is 0.619 e. The molecule has 0 unspecified atom stereocenters. The zero-order valence-corrected chi connectivity index (χ0v) is 11.4. The van der Waals surface area contributed by atoms with E-state index in [9.17, 15) is 10.0 Å². The summed E-state index contributed by atoms with van der Waals surface area (Å²) in [7, 11) is 0. The average molecular weight is 279 g/mol. The minimum absolute atomic E-state index is 0.234. The maximum atomic E-state index is 11.5. The third kappa shape index (κ3) is 2.29. The van der Waals surface area contributed by atoms with Crippen molar-refractivity contribution < 1.29 is 9.52 Å². The van der Waals surface area contributed by atoms with Gasteiger partial charge in [0.05, 0.1) is 0 Å². The molecule has 2 aromatic heterocycles. The number of carbonyl (C=O) groups is 1. The fourth-order valence-corrected chi connectivity index (χ4v) is 2.38. The number of rotatable bonds is 2. The number of pyridine rings is 2. The maximum absolute atomic E-state index is 11.5. The van der Waals surface area contributed by atoms with Crippen LogP contribution in [0, 0.1) is 12.1 Å². The van der Waals surface area contributed by atoms with Gasteiger partial charge < -0.3 is 10.9 Å². The highest BCUT2D eigenvalue weighted by atomic mass is 16.5.